The Balaban J connectivity index is 1.98. The number of halogens is 1. The summed E-state index contributed by atoms with van der Waals surface area (Å²) >= 11 is 4.82. The molecule has 118 valence electrons. The summed E-state index contributed by atoms with van der Waals surface area (Å²) in [4.78, 5) is 30.2. The fourth-order valence-electron chi connectivity index (χ4n) is 1.99. The molecule has 2 amide bonds. The van der Waals surface area contributed by atoms with Gasteiger partial charge in [0.1, 0.15) is 0 Å². The van der Waals surface area contributed by atoms with Gasteiger partial charge in [-0.15, -0.1) is 11.3 Å². The molecule has 1 N–H and O–H groups in total. The lowest BCUT2D eigenvalue weighted by Gasteiger charge is -2.19. The van der Waals surface area contributed by atoms with Gasteiger partial charge in [-0.1, -0.05) is 0 Å². The predicted molar refractivity (Wildman–Crippen MR) is 89.6 cm³/mol. The van der Waals surface area contributed by atoms with Gasteiger partial charge < -0.3 is 14.9 Å². The van der Waals surface area contributed by atoms with Gasteiger partial charge in [0.15, 0.2) is 3.92 Å². The SMILES string of the molecule is CN(CCCN(C)C(=O)c1ccc2nc(Br)sc2c1)C(=O)O. The molecule has 0 saturated heterocycles. The van der Waals surface area contributed by atoms with Crippen LogP contribution >= 0.6 is 27.3 Å². The van der Waals surface area contributed by atoms with Gasteiger partial charge in [0.05, 0.1) is 10.2 Å². The van der Waals surface area contributed by atoms with E-state index in [0.717, 1.165) is 14.1 Å². The van der Waals surface area contributed by atoms with Crippen LogP contribution in [0.5, 0.6) is 0 Å². The fourth-order valence-corrected chi connectivity index (χ4v) is 3.44. The molecule has 22 heavy (non-hydrogen) atoms. The van der Waals surface area contributed by atoms with E-state index in [2.05, 4.69) is 20.9 Å². The molecule has 0 atom stereocenters. The summed E-state index contributed by atoms with van der Waals surface area (Å²) in [7, 11) is 3.23. The summed E-state index contributed by atoms with van der Waals surface area (Å²) in [5, 5.41) is 8.77. The first-order chi connectivity index (χ1) is 10.4. The van der Waals surface area contributed by atoms with Gasteiger partial charge in [-0.3, -0.25) is 4.79 Å². The van der Waals surface area contributed by atoms with E-state index in [0.29, 0.717) is 25.1 Å². The van der Waals surface area contributed by atoms with Crippen LogP contribution in [0.25, 0.3) is 10.2 Å². The van der Waals surface area contributed by atoms with Gasteiger partial charge in [-0.25, -0.2) is 9.78 Å². The molecule has 0 fully saturated rings. The molecule has 0 radical (unpaired) electrons. The molecule has 8 heteroatoms. The summed E-state index contributed by atoms with van der Waals surface area (Å²) in [6, 6.07) is 5.42. The lowest BCUT2D eigenvalue weighted by Crippen LogP contribution is -2.32. The molecule has 0 aliphatic heterocycles. The molecular formula is C14H16BrN3O3S. The zero-order valence-electron chi connectivity index (χ0n) is 12.2. The third-order valence-electron chi connectivity index (χ3n) is 3.27. The Bertz CT molecular complexity index is 704. The average molecular weight is 386 g/mol. The highest BCUT2D eigenvalue weighted by atomic mass is 79.9. The van der Waals surface area contributed by atoms with Crippen molar-refractivity contribution in [3.63, 3.8) is 0 Å². The lowest BCUT2D eigenvalue weighted by molar-refractivity contribution is 0.0790. The van der Waals surface area contributed by atoms with Crippen molar-refractivity contribution in [2.24, 2.45) is 0 Å². The minimum absolute atomic E-state index is 0.0793. The zero-order chi connectivity index (χ0) is 16.3. The van der Waals surface area contributed by atoms with E-state index in [1.807, 2.05) is 12.1 Å². The number of aromatic nitrogens is 1. The number of nitrogens with zero attached hydrogens (tertiary/aromatic N) is 3. The molecule has 2 rings (SSSR count). The summed E-state index contributed by atoms with van der Waals surface area (Å²) in [5.41, 5.74) is 1.47. The Morgan fingerprint density at radius 2 is 1.95 bits per heavy atom. The minimum atomic E-state index is -0.963. The number of hydrogen-bond donors (Lipinski definition) is 1. The van der Waals surface area contributed by atoms with E-state index in [-0.39, 0.29) is 5.91 Å². The topological polar surface area (TPSA) is 73.7 Å². The van der Waals surface area contributed by atoms with Gasteiger partial charge in [-0.05, 0) is 40.5 Å². The van der Waals surface area contributed by atoms with E-state index >= 15 is 0 Å². The van der Waals surface area contributed by atoms with Crippen molar-refractivity contribution in [3.8, 4) is 0 Å². The molecule has 0 spiro atoms. The summed E-state index contributed by atoms with van der Waals surface area (Å²) in [6.07, 6.45) is -0.366. The normalized spacial score (nSPS) is 10.7. The van der Waals surface area contributed by atoms with Crippen LogP contribution in [0.1, 0.15) is 16.8 Å². The average Bonchev–Trinajstić information content (AvgIpc) is 2.84. The second-order valence-corrected chi connectivity index (χ2v) is 7.24. The van der Waals surface area contributed by atoms with Gasteiger partial charge in [-0.2, -0.15) is 0 Å². The van der Waals surface area contributed by atoms with Crippen molar-refractivity contribution >= 4 is 49.5 Å². The molecule has 2 aromatic rings. The largest absolute Gasteiger partial charge is 0.465 e. The van der Waals surface area contributed by atoms with Crippen LogP contribution in [0, 0.1) is 0 Å². The molecule has 0 saturated carbocycles. The van der Waals surface area contributed by atoms with E-state index in [1.54, 1.807) is 18.0 Å². The summed E-state index contributed by atoms with van der Waals surface area (Å²) in [5.74, 6) is -0.0793. The van der Waals surface area contributed by atoms with Crippen molar-refractivity contribution in [2.45, 2.75) is 6.42 Å². The van der Waals surface area contributed by atoms with E-state index in [1.165, 1.54) is 23.3 Å². The molecular weight excluding hydrogens is 370 g/mol. The third-order valence-corrected chi connectivity index (χ3v) is 4.74. The van der Waals surface area contributed by atoms with Gasteiger partial charge >= 0.3 is 6.09 Å². The molecule has 0 bridgehead atoms. The molecule has 6 nitrogen and oxygen atoms in total. The Hall–Kier alpha value is -1.67. The van der Waals surface area contributed by atoms with Gasteiger partial charge in [0, 0.05) is 32.7 Å². The first-order valence-electron chi connectivity index (χ1n) is 6.64. The van der Waals surface area contributed by atoms with Gasteiger partial charge in [0.25, 0.3) is 5.91 Å². The maximum atomic E-state index is 12.4. The Kier molecular flexibility index (Phi) is 5.36. The number of amides is 2. The van der Waals surface area contributed by atoms with Crippen LogP contribution in [-0.4, -0.2) is 59.1 Å². The van der Waals surface area contributed by atoms with Gasteiger partial charge in [0.2, 0.25) is 0 Å². The van der Waals surface area contributed by atoms with E-state index in [9.17, 15) is 9.59 Å². The minimum Gasteiger partial charge on any atom is -0.465 e. The highest BCUT2D eigenvalue weighted by Crippen LogP contribution is 2.27. The number of benzene rings is 1. The monoisotopic (exact) mass is 385 g/mol. The summed E-state index contributed by atoms with van der Waals surface area (Å²) < 4.78 is 1.74. The van der Waals surface area contributed by atoms with E-state index < -0.39 is 6.09 Å². The van der Waals surface area contributed by atoms with Crippen LogP contribution in [0.15, 0.2) is 22.1 Å². The number of carbonyl (C=O) groups excluding carboxylic acids is 1. The first-order valence-corrected chi connectivity index (χ1v) is 8.25. The number of fused-ring (bicyclic) bond motifs is 1. The van der Waals surface area contributed by atoms with Crippen molar-refractivity contribution in [2.75, 3.05) is 27.2 Å². The second-order valence-electron chi connectivity index (χ2n) is 4.93. The fraction of sp³-hybridized carbons (Fsp3) is 0.357. The number of rotatable bonds is 5. The maximum absolute atomic E-state index is 12.4. The second kappa shape index (κ2) is 7.06. The highest BCUT2D eigenvalue weighted by molar-refractivity contribution is 9.11. The van der Waals surface area contributed by atoms with Crippen LogP contribution < -0.4 is 0 Å². The highest BCUT2D eigenvalue weighted by Gasteiger charge is 2.14. The number of hydrogen-bond acceptors (Lipinski definition) is 4. The Labute approximate surface area is 140 Å². The van der Waals surface area contributed by atoms with Crippen LogP contribution in [-0.2, 0) is 0 Å². The quantitative estimate of drug-likeness (QED) is 0.857. The van der Waals surface area contributed by atoms with Crippen LogP contribution in [0.4, 0.5) is 4.79 Å². The number of thiazole rings is 1. The van der Waals surface area contributed by atoms with Crippen molar-refractivity contribution in [3.05, 3.63) is 27.7 Å². The van der Waals surface area contributed by atoms with Crippen LogP contribution in [0.2, 0.25) is 0 Å². The number of carboxylic acid groups (broad SMARTS) is 1. The van der Waals surface area contributed by atoms with Crippen molar-refractivity contribution in [1.29, 1.82) is 0 Å². The predicted octanol–water partition coefficient (Wildman–Crippen LogP) is 3.13. The van der Waals surface area contributed by atoms with Crippen molar-refractivity contribution in [1.82, 2.24) is 14.8 Å². The zero-order valence-corrected chi connectivity index (χ0v) is 14.6. The first kappa shape index (κ1) is 16.7. The molecule has 1 aromatic heterocycles. The maximum Gasteiger partial charge on any atom is 0.407 e. The smallest absolute Gasteiger partial charge is 0.407 e. The molecule has 0 unspecified atom stereocenters. The Morgan fingerprint density at radius 3 is 2.64 bits per heavy atom. The van der Waals surface area contributed by atoms with E-state index in [4.69, 9.17) is 5.11 Å². The van der Waals surface area contributed by atoms with Crippen molar-refractivity contribution < 1.29 is 14.7 Å². The van der Waals surface area contributed by atoms with Crippen LogP contribution in [0.3, 0.4) is 0 Å². The molecule has 1 heterocycles. The summed E-state index contributed by atoms with van der Waals surface area (Å²) in [6.45, 7) is 0.897. The Morgan fingerprint density at radius 1 is 1.27 bits per heavy atom. The number of carbonyl (C=O) groups is 2. The third kappa shape index (κ3) is 3.95. The molecule has 0 aliphatic carbocycles. The molecule has 0 aliphatic rings. The molecule has 1 aromatic carbocycles. The lowest BCUT2D eigenvalue weighted by atomic mass is 10.2. The standard InChI is InChI=1S/C14H16BrN3O3S/c1-17(6-3-7-18(2)14(20)21)12(19)9-4-5-10-11(8-9)22-13(15)16-10/h4-5,8H,3,6-7H2,1-2H3,(H,20,21).